The molecule has 0 unspecified atom stereocenters. The number of nitrogens with two attached hydrogens (primary N) is 1. The Morgan fingerprint density at radius 3 is 2.24 bits per heavy atom. The first-order valence-corrected chi connectivity index (χ1v) is 5.91. The number of hydrogen-bond donors (Lipinski definition) is 5. The normalized spacial score (nSPS) is 10.7. The molecule has 0 aliphatic heterocycles. The van der Waals surface area contributed by atoms with Crippen LogP contribution in [0.1, 0.15) is 5.56 Å². The highest BCUT2D eigenvalue weighted by atomic mass is 16.3. The summed E-state index contributed by atoms with van der Waals surface area (Å²) >= 11 is 0. The Labute approximate surface area is 120 Å². The van der Waals surface area contributed by atoms with E-state index >= 15 is 0 Å². The van der Waals surface area contributed by atoms with Gasteiger partial charge in [0.2, 0.25) is 0 Å². The maximum Gasteiger partial charge on any atom is 0.332 e. The van der Waals surface area contributed by atoms with Crippen molar-refractivity contribution in [3.63, 3.8) is 0 Å². The summed E-state index contributed by atoms with van der Waals surface area (Å²) in [4.78, 5) is 10.5. The van der Waals surface area contributed by atoms with Gasteiger partial charge in [-0.1, -0.05) is 12.1 Å². The fourth-order valence-corrected chi connectivity index (χ4v) is 1.71. The summed E-state index contributed by atoms with van der Waals surface area (Å²) in [6.07, 6.45) is 1.24. The molecule has 0 fully saturated rings. The highest BCUT2D eigenvalue weighted by Crippen LogP contribution is 2.32. The van der Waals surface area contributed by atoms with E-state index in [-0.39, 0.29) is 17.2 Å². The van der Waals surface area contributed by atoms with Gasteiger partial charge in [-0.3, -0.25) is 0 Å². The number of amides is 2. The first-order valence-electron chi connectivity index (χ1n) is 5.91. The average molecular weight is 287 g/mol. The molecule has 108 valence electrons. The average Bonchev–Trinajstić information content (AvgIpc) is 2.43. The molecule has 0 saturated heterocycles. The summed E-state index contributed by atoms with van der Waals surface area (Å²) in [6.45, 7) is 0. The van der Waals surface area contributed by atoms with Crippen LogP contribution < -0.4 is 11.2 Å². The Morgan fingerprint density at radius 1 is 1.00 bits per heavy atom. The molecule has 2 amide bonds. The van der Waals surface area contributed by atoms with Crippen LogP contribution in [0.4, 0.5) is 4.79 Å². The van der Waals surface area contributed by atoms with Crippen LogP contribution in [0.15, 0.2) is 41.5 Å². The van der Waals surface area contributed by atoms with Gasteiger partial charge < -0.3 is 21.1 Å². The monoisotopic (exact) mass is 287 g/mol. The van der Waals surface area contributed by atoms with Crippen molar-refractivity contribution in [3.8, 4) is 28.4 Å². The van der Waals surface area contributed by atoms with Crippen LogP contribution in [0.5, 0.6) is 17.2 Å². The van der Waals surface area contributed by atoms with Crippen molar-refractivity contribution in [1.82, 2.24) is 5.43 Å². The molecule has 0 heterocycles. The minimum Gasteiger partial charge on any atom is -0.507 e. The van der Waals surface area contributed by atoms with Crippen LogP contribution in [0.25, 0.3) is 11.1 Å². The van der Waals surface area contributed by atoms with Crippen molar-refractivity contribution in [2.75, 3.05) is 0 Å². The van der Waals surface area contributed by atoms with Crippen LogP contribution in [-0.2, 0) is 0 Å². The number of phenols is 3. The second-order valence-corrected chi connectivity index (χ2v) is 4.21. The molecular weight excluding hydrogens is 274 g/mol. The quantitative estimate of drug-likeness (QED) is 0.332. The second-order valence-electron chi connectivity index (χ2n) is 4.21. The molecule has 7 heteroatoms. The number of nitrogens with one attached hydrogen (secondary N) is 1. The van der Waals surface area contributed by atoms with E-state index in [2.05, 4.69) is 5.10 Å². The minimum absolute atomic E-state index is 0.0308. The summed E-state index contributed by atoms with van der Waals surface area (Å²) < 4.78 is 0. The van der Waals surface area contributed by atoms with Crippen LogP contribution >= 0.6 is 0 Å². The number of nitrogens with zero attached hydrogens (tertiary/aromatic N) is 1. The van der Waals surface area contributed by atoms with Crippen molar-refractivity contribution in [1.29, 1.82) is 0 Å². The summed E-state index contributed by atoms with van der Waals surface area (Å²) in [6, 6.07) is 8.25. The van der Waals surface area contributed by atoms with Gasteiger partial charge in [0.05, 0.1) is 6.21 Å². The molecule has 0 bridgehead atoms. The molecule has 0 aliphatic rings. The number of phenolic OH excluding ortho intramolecular Hbond substituents is 3. The Balaban J connectivity index is 2.35. The maximum atomic E-state index is 10.5. The number of rotatable bonds is 3. The molecule has 7 nitrogen and oxygen atoms in total. The van der Waals surface area contributed by atoms with Gasteiger partial charge in [-0.2, -0.15) is 5.10 Å². The highest BCUT2D eigenvalue weighted by molar-refractivity contribution is 5.87. The van der Waals surface area contributed by atoms with Crippen LogP contribution in [0.3, 0.4) is 0 Å². The van der Waals surface area contributed by atoms with Gasteiger partial charge in [0, 0.05) is 5.56 Å². The van der Waals surface area contributed by atoms with Crippen molar-refractivity contribution < 1.29 is 20.1 Å². The molecule has 0 radical (unpaired) electrons. The van der Waals surface area contributed by atoms with E-state index in [1.165, 1.54) is 24.4 Å². The Morgan fingerprint density at radius 2 is 1.62 bits per heavy atom. The smallest absolute Gasteiger partial charge is 0.332 e. The molecule has 2 aromatic rings. The number of benzene rings is 2. The molecule has 2 rings (SSSR count). The van der Waals surface area contributed by atoms with E-state index in [1.54, 1.807) is 18.2 Å². The van der Waals surface area contributed by atoms with Gasteiger partial charge in [0.25, 0.3) is 0 Å². The maximum absolute atomic E-state index is 10.5. The lowest BCUT2D eigenvalue weighted by molar-refractivity contribution is 0.249. The van der Waals surface area contributed by atoms with Gasteiger partial charge in [-0.15, -0.1) is 0 Å². The summed E-state index contributed by atoms with van der Waals surface area (Å²) in [5.41, 5.74) is 8.57. The number of urea groups is 1. The SMILES string of the molecule is NC(=O)N/N=C/c1cc(-c2ccc(O)c(O)c2)ccc1O. The molecular formula is C14H13N3O4. The molecule has 2 aromatic carbocycles. The topological polar surface area (TPSA) is 128 Å². The highest BCUT2D eigenvalue weighted by Gasteiger charge is 2.06. The summed E-state index contributed by atoms with van der Waals surface area (Å²) in [5.74, 6) is -0.493. The first kappa shape index (κ1) is 14.2. The minimum atomic E-state index is -0.814. The molecule has 0 atom stereocenters. The zero-order valence-corrected chi connectivity index (χ0v) is 10.8. The number of carbonyl (C=O) groups is 1. The van der Waals surface area contributed by atoms with Crippen molar-refractivity contribution in [2.45, 2.75) is 0 Å². The standard InChI is InChI=1S/C14H13N3O4/c15-14(21)17-16-7-10-5-8(1-3-11(10)18)9-2-4-12(19)13(20)6-9/h1-7,18-20H,(H3,15,17,21)/b16-7+. The van der Waals surface area contributed by atoms with Crippen molar-refractivity contribution in [3.05, 3.63) is 42.0 Å². The van der Waals surface area contributed by atoms with Gasteiger partial charge >= 0.3 is 6.03 Å². The lowest BCUT2D eigenvalue weighted by Gasteiger charge is -2.06. The van der Waals surface area contributed by atoms with Crippen molar-refractivity contribution in [2.24, 2.45) is 10.8 Å². The number of primary amides is 1. The fourth-order valence-electron chi connectivity index (χ4n) is 1.71. The van der Waals surface area contributed by atoms with E-state index in [0.29, 0.717) is 16.7 Å². The van der Waals surface area contributed by atoms with Gasteiger partial charge in [-0.25, -0.2) is 10.2 Å². The third-order valence-corrected chi connectivity index (χ3v) is 2.71. The predicted octanol–water partition coefficient (Wildman–Crippen LogP) is 1.47. The molecule has 0 spiro atoms. The molecule has 6 N–H and O–H groups in total. The number of hydrogen-bond acceptors (Lipinski definition) is 5. The van der Waals surface area contributed by atoms with Crippen LogP contribution in [0.2, 0.25) is 0 Å². The van der Waals surface area contributed by atoms with Crippen LogP contribution in [-0.4, -0.2) is 27.6 Å². The summed E-state index contributed by atoms with van der Waals surface area (Å²) in [5, 5.41) is 32.1. The molecule has 0 saturated carbocycles. The zero-order chi connectivity index (χ0) is 15.4. The number of carbonyl (C=O) groups excluding carboxylic acids is 1. The van der Waals surface area contributed by atoms with Gasteiger partial charge in [-0.05, 0) is 35.4 Å². The number of hydrazone groups is 1. The fraction of sp³-hybridized carbons (Fsp3) is 0. The Hall–Kier alpha value is -3.22. The lowest BCUT2D eigenvalue weighted by atomic mass is 10.0. The second kappa shape index (κ2) is 5.83. The number of aromatic hydroxyl groups is 3. The molecule has 21 heavy (non-hydrogen) atoms. The molecule has 0 aromatic heterocycles. The van der Waals surface area contributed by atoms with E-state index in [1.807, 2.05) is 5.43 Å². The van der Waals surface area contributed by atoms with E-state index in [9.17, 15) is 20.1 Å². The summed E-state index contributed by atoms with van der Waals surface area (Å²) in [7, 11) is 0. The lowest BCUT2D eigenvalue weighted by Crippen LogP contribution is -2.24. The third kappa shape index (κ3) is 3.41. The Bertz CT molecular complexity index is 713. The van der Waals surface area contributed by atoms with E-state index in [0.717, 1.165) is 0 Å². The van der Waals surface area contributed by atoms with Gasteiger partial charge in [0.15, 0.2) is 11.5 Å². The first-order chi connectivity index (χ1) is 9.97. The predicted molar refractivity (Wildman–Crippen MR) is 77.2 cm³/mol. The largest absolute Gasteiger partial charge is 0.507 e. The van der Waals surface area contributed by atoms with E-state index in [4.69, 9.17) is 5.73 Å². The Kier molecular flexibility index (Phi) is 3.94. The van der Waals surface area contributed by atoms with Crippen molar-refractivity contribution >= 4 is 12.2 Å². The zero-order valence-electron chi connectivity index (χ0n) is 10.8. The molecule has 0 aliphatic carbocycles. The third-order valence-electron chi connectivity index (χ3n) is 2.71. The van der Waals surface area contributed by atoms with Gasteiger partial charge in [0.1, 0.15) is 5.75 Å². The van der Waals surface area contributed by atoms with E-state index < -0.39 is 6.03 Å². The van der Waals surface area contributed by atoms with Crippen LogP contribution in [0, 0.1) is 0 Å².